The molecule has 3 rings (SSSR count). The maximum absolute atomic E-state index is 14.4. The van der Waals surface area contributed by atoms with Crippen LogP contribution in [0.25, 0.3) is 0 Å². The van der Waals surface area contributed by atoms with Gasteiger partial charge in [0.1, 0.15) is 11.7 Å². The summed E-state index contributed by atoms with van der Waals surface area (Å²) >= 11 is 0. The molecule has 0 radical (unpaired) electrons. The van der Waals surface area contributed by atoms with Crippen molar-refractivity contribution in [2.75, 3.05) is 6.61 Å². The van der Waals surface area contributed by atoms with Crippen LogP contribution < -0.4 is 5.32 Å². The van der Waals surface area contributed by atoms with Crippen molar-refractivity contribution in [2.45, 2.75) is 32.5 Å². The number of aromatic nitrogens is 1. The van der Waals surface area contributed by atoms with Crippen molar-refractivity contribution in [2.24, 2.45) is 4.99 Å². The first-order chi connectivity index (χ1) is 15.6. The van der Waals surface area contributed by atoms with Gasteiger partial charge in [0.2, 0.25) is 0 Å². The number of nitro groups is 1. The number of alkyl halides is 3. The van der Waals surface area contributed by atoms with Gasteiger partial charge in [0.15, 0.2) is 11.7 Å². The van der Waals surface area contributed by atoms with Gasteiger partial charge in [-0.05, 0) is 37.1 Å². The molecule has 0 spiro atoms. The number of benzene rings is 1. The Kier molecular flexibility index (Phi) is 6.75. The third-order valence-corrected chi connectivity index (χ3v) is 4.81. The number of carbonyl (C=O) groups excluding carboxylic acids is 1. The van der Waals surface area contributed by atoms with Crippen molar-refractivity contribution in [3.8, 4) is 0 Å². The number of hydrogen-bond acceptors (Lipinski definition) is 7. The Hall–Kier alpha value is -3.83. The number of nitrogens with one attached hydrogen (secondary N) is 1. The standard InChI is InChI=1S/C21H18F4N4O4/c1-3-15-16(20(30)33-4-2)17(28-19(27-15)18-14(22)6-5-9-26-18)12-8-7-11(29(31)32)10-13(12)21(23,24)25/h5-10,17H,3-4H2,1-2H3,(H,27,28). The number of hydrogen-bond donors (Lipinski definition) is 1. The van der Waals surface area contributed by atoms with Crippen molar-refractivity contribution in [1.29, 1.82) is 0 Å². The topological polar surface area (TPSA) is 107 Å². The number of carbonyl (C=O) groups is 1. The molecule has 174 valence electrons. The molecule has 2 heterocycles. The molecule has 0 amide bonds. The number of amidine groups is 1. The van der Waals surface area contributed by atoms with E-state index in [-0.39, 0.29) is 35.8 Å². The number of rotatable bonds is 6. The van der Waals surface area contributed by atoms with Crippen LogP contribution in [0.5, 0.6) is 0 Å². The van der Waals surface area contributed by atoms with E-state index < -0.39 is 45.7 Å². The van der Waals surface area contributed by atoms with Crippen molar-refractivity contribution in [3.63, 3.8) is 0 Å². The molecule has 0 fully saturated rings. The molecule has 0 aliphatic carbocycles. The summed E-state index contributed by atoms with van der Waals surface area (Å²) in [5.41, 5.74) is -2.94. The molecule has 2 aromatic rings. The third kappa shape index (κ3) is 4.83. The zero-order chi connectivity index (χ0) is 24.3. The summed E-state index contributed by atoms with van der Waals surface area (Å²) in [6.45, 7) is 3.11. The summed E-state index contributed by atoms with van der Waals surface area (Å²) in [5.74, 6) is -1.88. The summed E-state index contributed by atoms with van der Waals surface area (Å²) in [6.07, 6.45) is -3.57. The normalized spacial score (nSPS) is 16.2. The molecular formula is C21H18F4N4O4. The summed E-state index contributed by atoms with van der Waals surface area (Å²) < 4.78 is 61.1. The first-order valence-electron chi connectivity index (χ1n) is 9.79. The first-order valence-corrected chi connectivity index (χ1v) is 9.79. The predicted octanol–water partition coefficient (Wildman–Crippen LogP) is 4.47. The van der Waals surface area contributed by atoms with Crippen LogP contribution in [0.15, 0.2) is 52.8 Å². The van der Waals surface area contributed by atoms with Crippen molar-refractivity contribution in [1.82, 2.24) is 10.3 Å². The minimum atomic E-state index is -5.00. The summed E-state index contributed by atoms with van der Waals surface area (Å²) in [6, 6.07) is 3.01. The van der Waals surface area contributed by atoms with Gasteiger partial charge in [0, 0.05) is 24.0 Å². The van der Waals surface area contributed by atoms with Gasteiger partial charge in [-0.25, -0.2) is 14.2 Å². The number of nitro benzene ring substituents is 1. The van der Waals surface area contributed by atoms with Crippen LogP contribution in [0, 0.1) is 15.9 Å². The molecule has 0 saturated heterocycles. The quantitative estimate of drug-likeness (QED) is 0.292. The Morgan fingerprint density at radius 1 is 1.27 bits per heavy atom. The van der Waals surface area contributed by atoms with Crippen LogP contribution in [0.4, 0.5) is 23.2 Å². The summed E-state index contributed by atoms with van der Waals surface area (Å²) in [5, 5.41) is 13.8. The van der Waals surface area contributed by atoms with Gasteiger partial charge in [0.25, 0.3) is 5.69 Å². The molecule has 1 aliphatic heterocycles. The minimum Gasteiger partial charge on any atom is -0.463 e. The van der Waals surface area contributed by atoms with Crippen LogP contribution in [-0.2, 0) is 15.7 Å². The van der Waals surface area contributed by atoms with Gasteiger partial charge in [-0.15, -0.1) is 0 Å². The molecule has 12 heteroatoms. The number of halogens is 4. The van der Waals surface area contributed by atoms with Gasteiger partial charge < -0.3 is 10.1 Å². The smallest absolute Gasteiger partial charge is 0.417 e. The fourth-order valence-corrected chi connectivity index (χ4v) is 3.37. The lowest BCUT2D eigenvalue weighted by Gasteiger charge is -2.28. The molecule has 0 saturated carbocycles. The lowest BCUT2D eigenvalue weighted by molar-refractivity contribution is -0.385. The molecule has 1 unspecified atom stereocenters. The van der Waals surface area contributed by atoms with Crippen LogP contribution in [0.1, 0.15) is 43.1 Å². The van der Waals surface area contributed by atoms with E-state index in [1.165, 1.54) is 19.2 Å². The molecule has 1 aromatic carbocycles. The molecule has 1 atom stereocenters. The fourth-order valence-electron chi connectivity index (χ4n) is 3.37. The van der Waals surface area contributed by atoms with Crippen molar-refractivity contribution < 1.29 is 32.0 Å². The SMILES string of the molecule is CCOC(=O)C1=C(CC)NC(c2ncccc2F)=NC1c1ccc([N+](=O)[O-])cc1C(F)(F)F. The summed E-state index contributed by atoms with van der Waals surface area (Å²) in [4.78, 5) is 30.9. The average molecular weight is 466 g/mol. The van der Waals surface area contributed by atoms with Gasteiger partial charge in [-0.2, -0.15) is 13.2 Å². The largest absolute Gasteiger partial charge is 0.463 e. The van der Waals surface area contributed by atoms with E-state index in [0.29, 0.717) is 6.07 Å². The number of esters is 1. The predicted molar refractivity (Wildman–Crippen MR) is 109 cm³/mol. The Balaban J connectivity index is 2.30. The van der Waals surface area contributed by atoms with Crippen LogP contribution in [0.3, 0.4) is 0 Å². The highest BCUT2D eigenvalue weighted by Crippen LogP contribution is 2.42. The van der Waals surface area contributed by atoms with Crippen molar-refractivity contribution >= 4 is 17.5 Å². The number of nitrogens with zero attached hydrogens (tertiary/aromatic N) is 3. The molecule has 1 N–H and O–H groups in total. The molecular weight excluding hydrogens is 448 g/mol. The second-order valence-corrected chi connectivity index (χ2v) is 6.83. The van der Waals surface area contributed by atoms with E-state index >= 15 is 0 Å². The van der Waals surface area contributed by atoms with Crippen LogP contribution in [-0.4, -0.2) is 28.3 Å². The van der Waals surface area contributed by atoms with Gasteiger partial charge >= 0.3 is 12.1 Å². The maximum atomic E-state index is 14.4. The number of aliphatic imine (C=N–C) groups is 1. The maximum Gasteiger partial charge on any atom is 0.417 e. The van der Waals surface area contributed by atoms with Gasteiger partial charge in [-0.1, -0.05) is 6.92 Å². The van der Waals surface area contributed by atoms with E-state index in [1.807, 2.05) is 0 Å². The number of ether oxygens (including phenoxy) is 1. The third-order valence-electron chi connectivity index (χ3n) is 4.81. The van der Waals surface area contributed by atoms with E-state index in [4.69, 9.17) is 4.74 Å². The van der Waals surface area contributed by atoms with E-state index in [1.54, 1.807) is 6.92 Å². The Morgan fingerprint density at radius 2 is 2.00 bits per heavy atom. The minimum absolute atomic E-state index is 0.0517. The number of pyridine rings is 1. The average Bonchev–Trinajstić information content (AvgIpc) is 2.77. The molecule has 1 aliphatic rings. The fraction of sp³-hybridized carbons (Fsp3) is 0.286. The zero-order valence-corrected chi connectivity index (χ0v) is 17.4. The van der Waals surface area contributed by atoms with Crippen LogP contribution in [0.2, 0.25) is 0 Å². The summed E-state index contributed by atoms with van der Waals surface area (Å²) in [7, 11) is 0. The van der Waals surface area contributed by atoms with Gasteiger partial charge in [0.05, 0.1) is 22.7 Å². The monoisotopic (exact) mass is 466 g/mol. The molecule has 1 aromatic heterocycles. The number of allylic oxidation sites excluding steroid dienone is 1. The highest BCUT2D eigenvalue weighted by atomic mass is 19.4. The Bertz CT molecular complexity index is 1160. The van der Waals surface area contributed by atoms with Crippen LogP contribution >= 0.6 is 0 Å². The van der Waals surface area contributed by atoms with E-state index in [2.05, 4.69) is 15.3 Å². The zero-order valence-electron chi connectivity index (χ0n) is 17.4. The first kappa shape index (κ1) is 23.8. The highest BCUT2D eigenvalue weighted by Gasteiger charge is 2.41. The second-order valence-electron chi connectivity index (χ2n) is 6.83. The lowest BCUT2D eigenvalue weighted by atomic mass is 9.90. The molecule has 8 nitrogen and oxygen atoms in total. The second kappa shape index (κ2) is 9.35. The molecule has 0 bridgehead atoms. The van der Waals surface area contributed by atoms with E-state index in [0.717, 1.165) is 18.2 Å². The Morgan fingerprint density at radius 3 is 2.58 bits per heavy atom. The highest BCUT2D eigenvalue weighted by molar-refractivity contribution is 6.02. The Labute approximate surface area is 185 Å². The van der Waals surface area contributed by atoms with Crippen molar-refractivity contribution in [3.05, 3.63) is 80.6 Å². The van der Waals surface area contributed by atoms with E-state index in [9.17, 15) is 32.5 Å². The molecule has 33 heavy (non-hydrogen) atoms. The number of non-ortho nitro benzene ring substituents is 1. The lowest BCUT2D eigenvalue weighted by Crippen LogP contribution is -2.35. The van der Waals surface area contributed by atoms with Gasteiger partial charge in [-0.3, -0.25) is 15.1 Å².